The first kappa shape index (κ1) is 19.8. The van der Waals surface area contributed by atoms with Crippen LogP contribution in [0.2, 0.25) is 0 Å². The Balaban J connectivity index is 1.58. The van der Waals surface area contributed by atoms with Crippen LogP contribution in [0.25, 0.3) is 0 Å². The minimum Gasteiger partial charge on any atom is -0.493 e. The average Bonchev–Trinajstić information content (AvgIpc) is 3.51. The lowest BCUT2D eigenvalue weighted by molar-refractivity contribution is -0.126. The van der Waals surface area contributed by atoms with Crippen LogP contribution in [0.4, 0.5) is 0 Å². The number of carbonyl (C=O) groups is 1. The van der Waals surface area contributed by atoms with Crippen LogP contribution in [0.3, 0.4) is 0 Å². The molecule has 1 aromatic rings. The van der Waals surface area contributed by atoms with Gasteiger partial charge in [-0.1, -0.05) is 6.07 Å². The molecule has 150 valence electrons. The second kappa shape index (κ2) is 8.80. The Morgan fingerprint density at radius 1 is 1.07 bits per heavy atom. The smallest absolute Gasteiger partial charge is 0.237 e. The Labute approximate surface area is 161 Å². The largest absolute Gasteiger partial charge is 0.493 e. The highest BCUT2D eigenvalue weighted by Gasteiger charge is 2.30. The summed E-state index contributed by atoms with van der Waals surface area (Å²) in [6.07, 6.45) is 2.25. The minimum absolute atomic E-state index is 0.0663. The Hall–Kier alpha value is -1.99. The number of hydrogen-bond donors (Lipinski definition) is 1. The molecule has 0 spiro atoms. The summed E-state index contributed by atoms with van der Waals surface area (Å²) in [6, 6.07) is 4.29. The van der Waals surface area contributed by atoms with E-state index in [1.54, 1.807) is 21.3 Å². The summed E-state index contributed by atoms with van der Waals surface area (Å²) in [5, 5.41) is 3.10. The van der Waals surface area contributed by atoms with Crippen LogP contribution in [0.5, 0.6) is 17.2 Å². The molecule has 0 bridgehead atoms. The van der Waals surface area contributed by atoms with Crippen LogP contribution in [-0.2, 0) is 11.3 Å². The maximum absolute atomic E-state index is 12.3. The highest BCUT2D eigenvalue weighted by Crippen LogP contribution is 2.40. The number of nitrogens with one attached hydrogen (secondary N) is 1. The zero-order valence-electron chi connectivity index (χ0n) is 16.8. The lowest BCUT2D eigenvalue weighted by atomic mass is 10.1. The van der Waals surface area contributed by atoms with E-state index < -0.39 is 0 Å². The summed E-state index contributed by atoms with van der Waals surface area (Å²) in [4.78, 5) is 16.9. The lowest BCUT2D eigenvalue weighted by Crippen LogP contribution is -2.53. The molecule has 1 aromatic carbocycles. The quantitative estimate of drug-likeness (QED) is 0.741. The van der Waals surface area contributed by atoms with Gasteiger partial charge in [0.05, 0.1) is 27.4 Å². The molecule has 2 fully saturated rings. The number of amides is 1. The SMILES string of the molecule is COc1ccc(CN2CCN([C@@H](C)C(=O)NC3CC3)CC2)c(OC)c1OC. The van der Waals surface area contributed by atoms with Gasteiger partial charge in [-0.25, -0.2) is 0 Å². The summed E-state index contributed by atoms with van der Waals surface area (Å²) in [5.41, 5.74) is 1.07. The highest BCUT2D eigenvalue weighted by molar-refractivity contribution is 5.81. The van der Waals surface area contributed by atoms with Gasteiger partial charge in [0.2, 0.25) is 11.7 Å². The van der Waals surface area contributed by atoms with Crippen LogP contribution < -0.4 is 19.5 Å². The maximum Gasteiger partial charge on any atom is 0.237 e. The van der Waals surface area contributed by atoms with Gasteiger partial charge in [0.15, 0.2) is 11.5 Å². The lowest BCUT2D eigenvalue weighted by Gasteiger charge is -2.37. The van der Waals surface area contributed by atoms with Crippen molar-refractivity contribution in [3.8, 4) is 17.2 Å². The summed E-state index contributed by atoms with van der Waals surface area (Å²) < 4.78 is 16.4. The topological polar surface area (TPSA) is 63.3 Å². The van der Waals surface area contributed by atoms with Gasteiger partial charge in [0.1, 0.15) is 0 Å². The van der Waals surface area contributed by atoms with E-state index in [-0.39, 0.29) is 11.9 Å². The fraction of sp³-hybridized carbons (Fsp3) is 0.650. The molecule has 1 heterocycles. The average molecular weight is 377 g/mol. The second-order valence-corrected chi connectivity index (χ2v) is 7.26. The number of nitrogens with zero attached hydrogens (tertiary/aromatic N) is 2. The van der Waals surface area contributed by atoms with E-state index in [9.17, 15) is 4.79 Å². The van der Waals surface area contributed by atoms with Gasteiger partial charge in [0.25, 0.3) is 0 Å². The molecule has 1 atom stereocenters. The van der Waals surface area contributed by atoms with E-state index in [0.29, 0.717) is 17.5 Å². The molecule has 7 nitrogen and oxygen atoms in total. The van der Waals surface area contributed by atoms with Crippen LogP contribution >= 0.6 is 0 Å². The van der Waals surface area contributed by atoms with Crippen LogP contribution in [0.1, 0.15) is 25.3 Å². The standard InChI is InChI=1S/C20H31N3O4/c1-14(20(24)21-16-6-7-16)23-11-9-22(10-12-23)13-15-5-8-17(25-2)19(27-4)18(15)26-3/h5,8,14,16H,6-7,9-13H2,1-4H3,(H,21,24)/t14-/m0/s1. The Morgan fingerprint density at radius 3 is 2.30 bits per heavy atom. The van der Waals surface area contributed by atoms with Crippen LogP contribution in [0.15, 0.2) is 12.1 Å². The first-order valence-corrected chi connectivity index (χ1v) is 9.62. The minimum atomic E-state index is -0.0663. The summed E-state index contributed by atoms with van der Waals surface area (Å²) in [6.45, 7) is 6.38. The van der Waals surface area contributed by atoms with Gasteiger partial charge in [-0.2, -0.15) is 0 Å². The first-order chi connectivity index (χ1) is 13.1. The number of rotatable bonds is 8. The molecule has 0 unspecified atom stereocenters. The molecule has 7 heteroatoms. The van der Waals surface area contributed by atoms with Gasteiger partial charge in [0, 0.05) is 44.3 Å². The van der Waals surface area contributed by atoms with Crippen molar-refractivity contribution in [2.75, 3.05) is 47.5 Å². The first-order valence-electron chi connectivity index (χ1n) is 9.62. The molecular formula is C20H31N3O4. The van der Waals surface area contributed by atoms with Crippen molar-refractivity contribution in [1.29, 1.82) is 0 Å². The zero-order chi connectivity index (χ0) is 19.4. The van der Waals surface area contributed by atoms with Gasteiger partial charge in [-0.05, 0) is 25.8 Å². The normalized spacial score (nSPS) is 19.4. The van der Waals surface area contributed by atoms with E-state index >= 15 is 0 Å². The third kappa shape index (κ3) is 4.65. The molecular weight excluding hydrogens is 346 g/mol. The molecule has 1 saturated carbocycles. The van der Waals surface area contributed by atoms with Gasteiger partial charge in [-0.15, -0.1) is 0 Å². The molecule has 1 aliphatic heterocycles. The Kier molecular flexibility index (Phi) is 6.44. The highest BCUT2D eigenvalue weighted by atomic mass is 16.5. The van der Waals surface area contributed by atoms with Crippen LogP contribution in [0, 0.1) is 0 Å². The van der Waals surface area contributed by atoms with E-state index in [1.165, 1.54) is 0 Å². The Bertz CT molecular complexity index is 655. The second-order valence-electron chi connectivity index (χ2n) is 7.26. The third-order valence-electron chi connectivity index (χ3n) is 5.44. The third-order valence-corrected chi connectivity index (χ3v) is 5.44. The predicted octanol–water partition coefficient (Wildman–Crippen LogP) is 1.50. The van der Waals surface area contributed by atoms with Crippen molar-refractivity contribution in [3.05, 3.63) is 17.7 Å². The van der Waals surface area contributed by atoms with Crippen LogP contribution in [-0.4, -0.2) is 75.3 Å². The van der Waals surface area contributed by atoms with Crippen molar-refractivity contribution in [2.45, 2.75) is 38.4 Å². The van der Waals surface area contributed by atoms with Gasteiger partial charge < -0.3 is 19.5 Å². The van der Waals surface area contributed by atoms with E-state index in [1.807, 2.05) is 19.1 Å². The number of ether oxygens (including phenoxy) is 3. The van der Waals surface area contributed by atoms with Gasteiger partial charge in [-0.3, -0.25) is 14.6 Å². The van der Waals surface area contributed by atoms with Crippen molar-refractivity contribution in [2.24, 2.45) is 0 Å². The fourth-order valence-electron chi connectivity index (χ4n) is 3.55. The number of benzene rings is 1. The van der Waals surface area contributed by atoms with Crippen molar-refractivity contribution < 1.29 is 19.0 Å². The number of hydrogen-bond acceptors (Lipinski definition) is 6. The molecule has 1 amide bonds. The van der Waals surface area contributed by atoms with E-state index in [0.717, 1.165) is 56.9 Å². The summed E-state index contributed by atoms with van der Waals surface area (Å²) in [5.74, 6) is 2.17. The summed E-state index contributed by atoms with van der Waals surface area (Å²) >= 11 is 0. The molecule has 0 radical (unpaired) electrons. The summed E-state index contributed by atoms with van der Waals surface area (Å²) in [7, 11) is 4.90. The monoisotopic (exact) mass is 377 g/mol. The van der Waals surface area contributed by atoms with E-state index in [4.69, 9.17) is 14.2 Å². The molecule has 1 aliphatic carbocycles. The zero-order valence-corrected chi connectivity index (χ0v) is 16.8. The van der Waals surface area contributed by atoms with E-state index in [2.05, 4.69) is 15.1 Å². The predicted molar refractivity (Wildman–Crippen MR) is 104 cm³/mol. The molecule has 27 heavy (non-hydrogen) atoms. The van der Waals surface area contributed by atoms with Crippen molar-refractivity contribution in [1.82, 2.24) is 15.1 Å². The molecule has 1 saturated heterocycles. The number of carbonyl (C=O) groups excluding carboxylic acids is 1. The maximum atomic E-state index is 12.3. The molecule has 1 N–H and O–H groups in total. The van der Waals surface area contributed by atoms with Crippen molar-refractivity contribution in [3.63, 3.8) is 0 Å². The fourth-order valence-corrected chi connectivity index (χ4v) is 3.55. The molecule has 2 aliphatic rings. The van der Waals surface area contributed by atoms with Crippen molar-refractivity contribution >= 4 is 5.91 Å². The number of methoxy groups -OCH3 is 3. The Morgan fingerprint density at radius 2 is 1.74 bits per heavy atom. The van der Waals surface area contributed by atoms with Gasteiger partial charge >= 0.3 is 0 Å². The molecule has 0 aromatic heterocycles. The number of piperazine rings is 1. The molecule has 3 rings (SSSR count).